The van der Waals surface area contributed by atoms with Gasteiger partial charge in [-0.3, -0.25) is 4.68 Å². The molecular formula is C12H21N3O. The van der Waals surface area contributed by atoms with E-state index in [2.05, 4.69) is 35.9 Å². The van der Waals surface area contributed by atoms with Crippen LogP contribution >= 0.6 is 0 Å². The average molecular weight is 223 g/mol. The number of ether oxygens (including phenoxy) is 1. The lowest BCUT2D eigenvalue weighted by molar-refractivity contribution is -0.0296. The van der Waals surface area contributed by atoms with Gasteiger partial charge in [-0.15, -0.1) is 0 Å². The second-order valence-electron chi connectivity index (χ2n) is 4.68. The monoisotopic (exact) mass is 223 g/mol. The Kier molecular flexibility index (Phi) is 3.30. The molecule has 1 aliphatic rings. The number of hydrogen-bond acceptors (Lipinski definition) is 3. The van der Waals surface area contributed by atoms with Gasteiger partial charge in [0.25, 0.3) is 0 Å². The van der Waals surface area contributed by atoms with Crippen LogP contribution < -0.4 is 5.32 Å². The summed E-state index contributed by atoms with van der Waals surface area (Å²) in [5.41, 5.74) is 3.85. The molecule has 1 N–H and O–H groups in total. The summed E-state index contributed by atoms with van der Waals surface area (Å²) in [6.45, 7) is 9.12. The standard InChI is InChI=1S/C12H21N3O/c1-8(5-13-4)12-9(2)14-15(10(12)3)11-6-16-7-11/h8,11,13H,5-7H2,1-4H3. The molecule has 1 atom stereocenters. The molecule has 4 heteroatoms. The number of nitrogens with one attached hydrogen (secondary N) is 1. The molecule has 0 spiro atoms. The number of aromatic nitrogens is 2. The molecular weight excluding hydrogens is 202 g/mol. The second kappa shape index (κ2) is 4.55. The minimum absolute atomic E-state index is 0.453. The van der Waals surface area contributed by atoms with Crippen molar-refractivity contribution in [2.45, 2.75) is 32.7 Å². The third kappa shape index (κ3) is 1.87. The Balaban J connectivity index is 2.27. The summed E-state index contributed by atoms with van der Waals surface area (Å²) in [6, 6.07) is 0.453. The van der Waals surface area contributed by atoms with E-state index < -0.39 is 0 Å². The second-order valence-corrected chi connectivity index (χ2v) is 4.68. The minimum Gasteiger partial charge on any atom is -0.377 e. The highest BCUT2D eigenvalue weighted by molar-refractivity contribution is 5.29. The van der Waals surface area contributed by atoms with E-state index in [1.54, 1.807) is 0 Å². The van der Waals surface area contributed by atoms with Gasteiger partial charge in [-0.2, -0.15) is 5.10 Å². The number of nitrogens with zero attached hydrogens (tertiary/aromatic N) is 2. The third-order valence-corrected chi connectivity index (χ3v) is 3.35. The molecule has 2 rings (SSSR count). The van der Waals surface area contributed by atoms with Gasteiger partial charge in [0.15, 0.2) is 0 Å². The van der Waals surface area contributed by atoms with Gasteiger partial charge < -0.3 is 10.1 Å². The summed E-state index contributed by atoms with van der Waals surface area (Å²) < 4.78 is 7.37. The highest BCUT2D eigenvalue weighted by atomic mass is 16.5. The highest BCUT2D eigenvalue weighted by Crippen LogP contribution is 2.27. The number of hydrogen-bond donors (Lipinski definition) is 1. The Bertz CT molecular complexity index is 369. The molecule has 0 bridgehead atoms. The first-order valence-corrected chi connectivity index (χ1v) is 5.93. The van der Waals surface area contributed by atoms with Crippen LogP contribution in [0.15, 0.2) is 0 Å². The highest BCUT2D eigenvalue weighted by Gasteiger charge is 2.26. The summed E-state index contributed by atoms with van der Waals surface area (Å²) >= 11 is 0. The van der Waals surface area contributed by atoms with E-state index in [-0.39, 0.29) is 0 Å². The van der Waals surface area contributed by atoms with Crippen molar-refractivity contribution in [1.82, 2.24) is 15.1 Å². The van der Waals surface area contributed by atoms with Gasteiger partial charge in [-0.25, -0.2) is 0 Å². The lowest BCUT2D eigenvalue weighted by Crippen LogP contribution is -2.32. The summed E-state index contributed by atoms with van der Waals surface area (Å²) in [4.78, 5) is 0. The van der Waals surface area contributed by atoms with Crippen LogP contribution in [0, 0.1) is 13.8 Å². The maximum Gasteiger partial charge on any atom is 0.0988 e. The fourth-order valence-corrected chi connectivity index (χ4v) is 2.52. The van der Waals surface area contributed by atoms with Gasteiger partial charge in [-0.1, -0.05) is 6.92 Å². The van der Waals surface area contributed by atoms with E-state index in [0.717, 1.165) is 25.5 Å². The van der Waals surface area contributed by atoms with Crippen LogP contribution in [-0.4, -0.2) is 36.6 Å². The molecule has 0 aliphatic carbocycles. The fourth-order valence-electron chi connectivity index (χ4n) is 2.52. The SMILES string of the molecule is CNCC(C)c1c(C)nn(C2COC2)c1C. The van der Waals surface area contributed by atoms with E-state index in [0.29, 0.717) is 12.0 Å². The molecule has 1 aromatic rings. The summed E-state index contributed by atoms with van der Waals surface area (Å²) in [7, 11) is 1.99. The average Bonchev–Trinajstić information content (AvgIpc) is 2.40. The van der Waals surface area contributed by atoms with Crippen LogP contribution in [0.25, 0.3) is 0 Å². The zero-order valence-electron chi connectivity index (χ0n) is 10.6. The van der Waals surface area contributed by atoms with Crippen molar-refractivity contribution in [2.75, 3.05) is 26.8 Å². The lowest BCUT2D eigenvalue weighted by Gasteiger charge is -2.27. The van der Waals surface area contributed by atoms with E-state index in [4.69, 9.17) is 4.74 Å². The van der Waals surface area contributed by atoms with E-state index in [9.17, 15) is 0 Å². The fraction of sp³-hybridized carbons (Fsp3) is 0.750. The number of likely N-dealkylation sites (N-methyl/N-ethyl adjacent to an activating group) is 1. The molecule has 0 aromatic carbocycles. The first-order valence-electron chi connectivity index (χ1n) is 5.93. The van der Waals surface area contributed by atoms with E-state index in [1.165, 1.54) is 11.3 Å². The first kappa shape index (κ1) is 11.6. The van der Waals surface area contributed by atoms with E-state index >= 15 is 0 Å². The van der Waals surface area contributed by atoms with Crippen molar-refractivity contribution in [3.8, 4) is 0 Å². The van der Waals surface area contributed by atoms with Crippen LogP contribution in [0.4, 0.5) is 0 Å². The summed E-state index contributed by atoms with van der Waals surface area (Å²) in [5.74, 6) is 0.514. The summed E-state index contributed by atoms with van der Waals surface area (Å²) in [5, 5.41) is 7.87. The largest absolute Gasteiger partial charge is 0.377 e. The van der Waals surface area contributed by atoms with Crippen molar-refractivity contribution in [3.05, 3.63) is 17.0 Å². The lowest BCUT2D eigenvalue weighted by atomic mass is 9.99. The van der Waals surface area contributed by atoms with E-state index in [1.807, 2.05) is 7.05 Å². The Morgan fingerprint density at radius 1 is 1.50 bits per heavy atom. The molecule has 2 heterocycles. The minimum atomic E-state index is 0.453. The molecule has 4 nitrogen and oxygen atoms in total. The van der Waals surface area contributed by atoms with Crippen molar-refractivity contribution < 1.29 is 4.74 Å². The van der Waals surface area contributed by atoms with Gasteiger partial charge in [0.2, 0.25) is 0 Å². The van der Waals surface area contributed by atoms with Crippen LogP contribution in [-0.2, 0) is 4.74 Å². The van der Waals surface area contributed by atoms with Crippen molar-refractivity contribution in [2.24, 2.45) is 0 Å². The molecule has 16 heavy (non-hydrogen) atoms. The maximum absolute atomic E-state index is 5.23. The molecule has 1 aliphatic heterocycles. The predicted molar refractivity (Wildman–Crippen MR) is 63.9 cm³/mol. The van der Waals surface area contributed by atoms with Crippen LogP contribution in [0.1, 0.15) is 35.8 Å². The molecule has 0 radical (unpaired) electrons. The smallest absolute Gasteiger partial charge is 0.0988 e. The van der Waals surface area contributed by atoms with Gasteiger partial charge in [0.05, 0.1) is 24.9 Å². The number of rotatable bonds is 4. The van der Waals surface area contributed by atoms with Crippen molar-refractivity contribution in [3.63, 3.8) is 0 Å². The topological polar surface area (TPSA) is 39.1 Å². The molecule has 1 fully saturated rings. The molecule has 0 saturated carbocycles. The Hall–Kier alpha value is -0.870. The Labute approximate surface area is 97.0 Å². The van der Waals surface area contributed by atoms with Crippen LogP contribution in [0.5, 0.6) is 0 Å². The van der Waals surface area contributed by atoms with Gasteiger partial charge >= 0.3 is 0 Å². The first-order chi connectivity index (χ1) is 7.65. The third-order valence-electron chi connectivity index (χ3n) is 3.35. The predicted octanol–water partition coefficient (Wildman–Crippen LogP) is 1.39. The Morgan fingerprint density at radius 3 is 2.69 bits per heavy atom. The zero-order valence-corrected chi connectivity index (χ0v) is 10.6. The van der Waals surface area contributed by atoms with Crippen LogP contribution in [0.3, 0.4) is 0 Å². The normalized spacial score (nSPS) is 18.5. The van der Waals surface area contributed by atoms with Crippen molar-refractivity contribution >= 4 is 0 Å². The maximum atomic E-state index is 5.23. The molecule has 1 saturated heterocycles. The van der Waals surface area contributed by atoms with Gasteiger partial charge in [-0.05, 0) is 26.8 Å². The quantitative estimate of drug-likeness (QED) is 0.838. The zero-order chi connectivity index (χ0) is 11.7. The number of aryl methyl sites for hydroxylation is 1. The molecule has 90 valence electrons. The van der Waals surface area contributed by atoms with Gasteiger partial charge in [0.1, 0.15) is 0 Å². The van der Waals surface area contributed by atoms with Crippen molar-refractivity contribution in [1.29, 1.82) is 0 Å². The Morgan fingerprint density at radius 2 is 2.19 bits per heavy atom. The van der Waals surface area contributed by atoms with Gasteiger partial charge in [0, 0.05) is 17.8 Å². The molecule has 1 unspecified atom stereocenters. The molecule has 1 aromatic heterocycles. The van der Waals surface area contributed by atoms with Crippen LogP contribution in [0.2, 0.25) is 0 Å². The molecule has 0 amide bonds. The summed E-state index contributed by atoms with van der Waals surface area (Å²) in [6.07, 6.45) is 0.